The molecular formula is C16H23FN2O. The van der Waals surface area contributed by atoms with E-state index in [9.17, 15) is 9.50 Å². The molecular weight excluding hydrogens is 255 g/mol. The third-order valence-corrected chi connectivity index (χ3v) is 4.44. The van der Waals surface area contributed by atoms with Crippen LogP contribution in [0.3, 0.4) is 0 Å². The molecule has 0 amide bonds. The maximum atomic E-state index is 14.2. The van der Waals surface area contributed by atoms with E-state index in [0.717, 1.165) is 25.1 Å². The second-order valence-corrected chi connectivity index (χ2v) is 6.22. The Bertz CT molecular complexity index is 476. The monoisotopic (exact) mass is 278 g/mol. The van der Waals surface area contributed by atoms with Gasteiger partial charge in [0.15, 0.2) is 0 Å². The number of nitrogens with zero attached hydrogens (tertiary/aromatic N) is 1. The third kappa shape index (κ3) is 3.13. The van der Waals surface area contributed by atoms with Crippen LogP contribution in [0, 0.1) is 11.7 Å². The average Bonchev–Trinajstić information content (AvgIpc) is 3.24. The number of hydrogen-bond donors (Lipinski definition) is 2. The number of rotatable bonds is 4. The number of anilines is 1. The predicted octanol–water partition coefficient (Wildman–Crippen LogP) is 2.28. The fourth-order valence-electron chi connectivity index (χ4n) is 2.73. The van der Waals surface area contributed by atoms with Crippen molar-refractivity contribution in [2.24, 2.45) is 5.92 Å². The Labute approximate surface area is 119 Å². The molecule has 1 aliphatic carbocycles. The van der Waals surface area contributed by atoms with Gasteiger partial charge in [0.1, 0.15) is 5.82 Å². The Hall–Kier alpha value is -1.13. The standard InChI is InChI=1S/C16H23FN2O/c1-11-6-7-19(10-16(11)20)15-5-2-12(8-14(15)17)9-18-13-3-4-13/h2,5,8,11,13,16,18,20H,3-4,6-7,9-10H2,1H3. The number of hydrogen-bond acceptors (Lipinski definition) is 3. The number of nitrogens with one attached hydrogen (secondary N) is 1. The van der Waals surface area contributed by atoms with Gasteiger partial charge in [0, 0.05) is 25.7 Å². The second kappa shape index (κ2) is 5.70. The lowest BCUT2D eigenvalue weighted by molar-refractivity contribution is 0.102. The highest BCUT2D eigenvalue weighted by Crippen LogP contribution is 2.27. The fourth-order valence-corrected chi connectivity index (χ4v) is 2.73. The van der Waals surface area contributed by atoms with Crippen molar-refractivity contribution in [3.05, 3.63) is 29.6 Å². The van der Waals surface area contributed by atoms with Crippen LogP contribution in [0.15, 0.2) is 18.2 Å². The van der Waals surface area contributed by atoms with Gasteiger partial charge in [0.25, 0.3) is 0 Å². The van der Waals surface area contributed by atoms with E-state index >= 15 is 0 Å². The Balaban J connectivity index is 1.66. The average molecular weight is 278 g/mol. The Morgan fingerprint density at radius 2 is 2.15 bits per heavy atom. The summed E-state index contributed by atoms with van der Waals surface area (Å²) >= 11 is 0. The second-order valence-electron chi connectivity index (χ2n) is 6.22. The van der Waals surface area contributed by atoms with Crippen LogP contribution in [-0.2, 0) is 6.54 Å². The molecule has 4 heteroatoms. The van der Waals surface area contributed by atoms with Crippen LogP contribution >= 0.6 is 0 Å². The summed E-state index contributed by atoms with van der Waals surface area (Å²) in [7, 11) is 0. The first-order valence-corrected chi connectivity index (χ1v) is 7.58. The van der Waals surface area contributed by atoms with Gasteiger partial charge in [-0.05, 0) is 42.9 Å². The zero-order chi connectivity index (χ0) is 14.1. The van der Waals surface area contributed by atoms with Crippen LogP contribution in [0.25, 0.3) is 0 Å². The Morgan fingerprint density at radius 1 is 1.35 bits per heavy atom. The van der Waals surface area contributed by atoms with E-state index in [1.165, 1.54) is 12.8 Å². The molecule has 1 saturated heterocycles. The number of aliphatic hydroxyl groups is 1. The highest BCUT2D eigenvalue weighted by molar-refractivity contribution is 5.49. The van der Waals surface area contributed by atoms with E-state index in [1.807, 2.05) is 24.0 Å². The van der Waals surface area contributed by atoms with Crippen LogP contribution in [0.2, 0.25) is 0 Å². The van der Waals surface area contributed by atoms with Crippen molar-refractivity contribution >= 4 is 5.69 Å². The Kier molecular flexibility index (Phi) is 3.94. The third-order valence-electron chi connectivity index (χ3n) is 4.44. The van der Waals surface area contributed by atoms with Crippen LogP contribution in [0.5, 0.6) is 0 Å². The molecule has 2 aliphatic rings. The summed E-state index contributed by atoms with van der Waals surface area (Å²) in [5.41, 5.74) is 1.61. The molecule has 1 aromatic carbocycles. The SMILES string of the molecule is CC1CCN(c2ccc(CNC3CC3)cc2F)CC1O. The van der Waals surface area contributed by atoms with Gasteiger partial charge in [0.05, 0.1) is 11.8 Å². The molecule has 2 unspecified atom stereocenters. The molecule has 20 heavy (non-hydrogen) atoms. The summed E-state index contributed by atoms with van der Waals surface area (Å²) in [5, 5.41) is 13.3. The first-order valence-electron chi connectivity index (χ1n) is 7.58. The minimum absolute atomic E-state index is 0.179. The van der Waals surface area contributed by atoms with Crippen molar-refractivity contribution in [3.63, 3.8) is 0 Å². The molecule has 2 N–H and O–H groups in total. The number of benzene rings is 1. The maximum Gasteiger partial charge on any atom is 0.146 e. The van der Waals surface area contributed by atoms with E-state index in [1.54, 1.807) is 6.07 Å². The molecule has 3 rings (SSSR count). The fraction of sp³-hybridized carbons (Fsp3) is 0.625. The highest BCUT2D eigenvalue weighted by Gasteiger charge is 2.26. The minimum Gasteiger partial charge on any atom is -0.391 e. The summed E-state index contributed by atoms with van der Waals surface area (Å²) in [5.74, 6) is 0.123. The molecule has 1 aromatic rings. The van der Waals surface area contributed by atoms with Crippen molar-refractivity contribution in [1.82, 2.24) is 5.32 Å². The summed E-state index contributed by atoms with van der Waals surface area (Å²) in [4.78, 5) is 1.96. The molecule has 2 fully saturated rings. The highest BCUT2D eigenvalue weighted by atomic mass is 19.1. The zero-order valence-corrected chi connectivity index (χ0v) is 12.0. The van der Waals surface area contributed by atoms with E-state index in [2.05, 4.69) is 5.32 Å². The van der Waals surface area contributed by atoms with Crippen LogP contribution in [0.1, 0.15) is 31.7 Å². The maximum absolute atomic E-state index is 14.2. The van der Waals surface area contributed by atoms with Gasteiger partial charge in [-0.2, -0.15) is 0 Å². The van der Waals surface area contributed by atoms with E-state index < -0.39 is 0 Å². The van der Waals surface area contributed by atoms with Crippen molar-refractivity contribution in [3.8, 4) is 0 Å². The van der Waals surface area contributed by atoms with Gasteiger partial charge < -0.3 is 15.3 Å². The van der Waals surface area contributed by atoms with Crippen molar-refractivity contribution in [1.29, 1.82) is 0 Å². The number of halogens is 1. The lowest BCUT2D eigenvalue weighted by Gasteiger charge is -2.36. The number of aliphatic hydroxyl groups excluding tert-OH is 1. The van der Waals surface area contributed by atoms with Crippen molar-refractivity contribution in [2.75, 3.05) is 18.0 Å². The largest absolute Gasteiger partial charge is 0.391 e. The van der Waals surface area contributed by atoms with E-state index in [4.69, 9.17) is 0 Å². The molecule has 3 nitrogen and oxygen atoms in total. The van der Waals surface area contributed by atoms with Gasteiger partial charge in [0.2, 0.25) is 0 Å². The summed E-state index contributed by atoms with van der Waals surface area (Å²) in [6, 6.07) is 6.09. The number of piperidine rings is 1. The quantitative estimate of drug-likeness (QED) is 0.887. The van der Waals surface area contributed by atoms with Crippen LogP contribution in [0.4, 0.5) is 10.1 Å². The first kappa shape index (κ1) is 13.8. The molecule has 0 radical (unpaired) electrons. The molecule has 1 heterocycles. The molecule has 2 atom stereocenters. The number of β-amino-alcohol motifs (C(OH)–C–C–N with tert-alkyl or cyclic N) is 1. The molecule has 0 aromatic heterocycles. The van der Waals surface area contributed by atoms with Gasteiger partial charge >= 0.3 is 0 Å². The molecule has 0 spiro atoms. The smallest absolute Gasteiger partial charge is 0.146 e. The summed E-state index contributed by atoms with van der Waals surface area (Å²) in [6.07, 6.45) is 3.03. The summed E-state index contributed by atoms with van der Waals surface area (Å²) in [6.45, 7) is 4.12. The van der Waals surface area contributed by atoms with Crippen LogP contribution in [-0.4, -0.2) is 30.3 Å². The van der Waals surface area contributed by atoms with Gasteiger partial charge in [-0.25, -0.2) is 4.39 Å². The lowest BCUT2D eigenvalue weighted by Crippen LogP contribution is -2.43. The molecule has 0 bridgehead atoms. The minimum atomic E-state index is -0.362. The normalized spacial score (nSPS) is 26.9. The van der Waals surface area contributed by atoms with E-state index in [-0.39, 0.29) is 11.9 Å². The van der Waals surface area contributed by atoms with Gasteiger partial charge in [-0.15, -0.1) is 0 Å². The van der Waals surface area contributed by atoms with Gasteiger partial charge in [-0.3, -0.25) is 0 Å². The predicted molar refractivity (Wildman–Crippen MR) is 78.3 cm³/mol. The van der Waals surface area contributed by atoms with E-state index in [0.29, 0.717) is 24.2 Å². The molecule has 1 aliphatic heterocycles. The molecule has 110 valence electrons. The summed E-state index contributed by atoms with van der Waals surface area (Å²) < 4.78 is 14.2. The molecule has 1 saturated carbocycles. The first-order chi connectivity index (χ1) is 9.63. The van der Waals surface area contributed by atoms with Crippen LogP contribution < -0.4 is 10.2 Å². The topological polar surface area (TPSA) is 35.5 Å². The zero-order valence-electron chi connectivity index (χ0n) is 12.0. The lowest BCUT2D eigenvalue weighted by atomic mass is 9.95. The van der Waals surface area contributed by atoms with Crippen molar-refractivity contribution in [2.45, 2.75) is 44.9 Å². The Morgan fingerprint density at radius 3 is 2.80 bits per heavy atom. The van der Waals surface area contributed by atoms with Crippen molar-refractivity contribution < 1.29 is 9.50 Å². The van der Waals surface area contributed by atoms with Gasteiger partial charge in [-0.1, -0.05) is 13.0 Å².